The highest BCUT2D eigenvalue weighted by molar-refractivity contribution is 5.93. The third-order valence-electron chi connectivity index (χ3n) is 5.81. The monoisotopic (exact) mass is 374 g/mol. The maximum absolute atomic E-state index is 12.7. The Bertz CT molecular complexity index is 606. The van der Waals surface area contributed by atoms with Crippen LogP contribution in [-0.2, 0) is 4.79 Å². The van der Waals surface area contributed by atoms with Crippen LogP contribution in [0.25, 0.3) is 0 Å². The summed E-state index contributed by atoms with van der Waals surface area (Å²) in [6.07, 6.45) is 9.24. The SMILES string of the molecule is CCCCN1CCC(C(=O)Nc2ccc(OC)c(OC3CCCC3)c2)CC1. The maximum Gasteiger partial charge on any atom is 0.227 e. The number of carbonyl (C=O) groups is 1. The predicted molar refractivity (Wildman–Crippen MR) is 109 cm³/mol. The highest BCUT2D eigenvalue weighted by Gasteiger charge is 2.25. The zero-order valence-electron chi connectivity index (χ0n) is 16.8. The minimum absolute atomic E-state index is 0.101. The van der Waals surface area contributed by atoms with E-state index in [-0.39, 0.29) is 17.9 Å². The summed E-state index contributed by atoms with van der Waals surface area (Å²) in [7, 11) is 1.65. The van der Waals surface area contributed by atoms with Crippen LogP contribution in [0.5, 0.6) is 11.5 Å². The van der Waals surface area contributed by atoms with Crippen LogP contribution in [0.1, 0.15) is 58.3 Å². The standard InChI is InChI=1S/C22H34N2O3/c1-3-4-13-24-14-11-17(12-15-24)22(25)23-18-9-10-20(26-2)21(16-18)27-19-7-5-6-8-19/h9-10,16-17,19H,3-8,11-15H2,1-2H3,(H,23,25). The Morgan fingerprint density at radius 1 is 1.15 bits per heavy atom. The molecule has 27 heavy (non-hydrogen) atoms. The summed E-state index contributed by atoms with van der Waals surface area (Å²) in [5, 5.41) is 3.09. The van der Waals surface area contributed by atoms with Crippen LogP contribution in [0.15, 0.2) is 18.2 Å². The van der Waals surface area contributed by atoms with E-state index in [1.807, 2.05) is 18.2 Å². The Hall–Kier alpha value is -1.75. The fraction of sp³-hybridized carbons (Fsp3) is 0.682. The van der Waals surface area contributed by atoms with Gasteiger partial charge in [-0.05, 0) is 76.7 Å². The number of rotatable bonds is 8. The first-order valence-corrected chi connectivity index (χ1v) is 10.6. The average molecular weight is 375 g/mol. The summed E-state index contributed by atoms with van der Waals surface area (Å²) in [6.45, 7) is 5.43. The second-order valence-corrected chi connectivity index (χ2v) is 7.85. The first kappa shape index (κ1) is 20.0. The molecule has 150 valence electrons. The number of carbonyl (C=O) groups excluding carboxylic acids is 1. The van der Waals surface area contributed by atoms with E-state index in [4.69, 9.17) is 9.47 Å². The van der Waals surface area contributed by atoms with E-state index in [0.29, 0.717) is 0 Å². The smallest absolute Gasteiger partial charge is 0.227 e. The number of benzene rings is 1. The number of unbranched alkanes of at least 4 members (excludes halogenated alkanes) is 1. The quantitative estimate of drug-likeness (QED) is 0.729. The van der Waals surface area contributed by atoms with Crippen LogP contribution in [0.4, 0.5) is 5.69 Å². The molecule has 0 radical (unpaired) electrons. The highest BCUT2D eigenvalue weighted by Crippen LogP contribution is 2.34. The Morgan fingerprint density at radius 2 is 1.89 bits per heavy atom. The van der Waals surface area contributed by atoms with Crippen molar-refractivity contribution in [1.29, 1.82) is 0 Å². The second-order valence-electron chi connectivity index (χ2n) is 7.85. The number of ether oxygens (including phenoxy) is 2. The van der Waals surface area contributed by atoms with E-state index in [0.717, 1.165) is 62.5 Å². The molecule has 1 heterocycles. The van der Waals surface area contributed by atoms with Crippen LogP contribution >= 0.6 is 0 Å². The van der Waals surface area contributed by atoms with Crippen molar-refractivity contribution in [2.75, 3.05) is 32.1 Å². The van der Waals surface area contributed by atoms with Crippen molar-refractivity contribution >= 4 is 11.6 Å². The molecule has 0 atom stereocenters. The molecule has 3 rings (SSSR count). The Kier molecular flexibility index (Phi) is 7.39. The number of anilines is 1. The molecule has 5 nitrogen and oxygen atoms in total. The Labute approximate surface area is 163 Å². The number of piperidine rings is 1. The van der Waals surface area contributed by atoms with E-state index in [1.165, 1.54) is 25.7 Å². The lowest BCUT2D eigenvalue weighted by Crippen LogP contribution is -2.38. The first-order valence-electron chi connectivity index (χ1n) is 10.6. The molecule has 2 aliphatic rings. The van der Waals surface area contributed by atoms with Gasteiger partial charge in [-0.3, -0.25) is 4.79 Å². The van der Waals surface area contributed by atoms with Crippen molar-refractivity contribution in [2.45, 2.75) is 64.4 Å². The van der Waals surface area contributed by atoms with Gasteiger partial charge in [0.25, 0.3) is 0 Å². The van der Waals surface area contributed by atoms with Crippen molar-refractivity contribution in [1.82, 2.24) is 4.90 Å². The van der Waals surface area contributed by atoms with Crippen LogP contribution < -0.4 is 14.8 Å². The topological polar surface area (TPSA) is 50.8 Å². The first-order chi connectivity index (χ1) is 13.2. The van der Waals surface area contributed by atoms with E-state index in [1.54, 1.807) is 7.11 Å². The summed E-state index contributed by atoms with van der Waals surface area (Å²) in [5.41, 5.74) is 0.794. The zero-order valence-corrected chi connectivity index (χ0v) is 16.8. The number of methoxy groups -OCH3 is 1. The molecular weight excluding hydrogens is 340 g/mol. The molecule has 1 aromatic carbocycles. The van der Waals surface area contributed by atoms with Gasteiger partial charge in [0, 0.05) is 17.7 Å². The molecule has 1 aliphatic carbocycles. The molecule has 0 bridgehead atoms. The fourth-order valence-corrected chi connectivity index (χ4v) is 4.08. The number of amides is 1. The molecule has 1 saturated carbocycles. The average Bonchev–Trinajstić information content (AvgIpc) is 3.20. The molecule has 1 saturated heterocycles. The van der Waals surface area contributed by atoms with Crippen molar-refractivity contribution in [3.63, 3.8) is 0 Å². The number of likely N-dealkylation sites (tertiary alicyclic amines) is 1. The minimum atomic E-state index is 0.101. The maximum atomic E-state index is 12.7. The molecule has 0 aromatic heterocycles. The van der Waals surface area contributed by atoms with Gasteiger partial charge in [-0.25, -0.2) is 0 Å². The van der Waals surface area contributed by atoms with Gasteiger partial charge in [-0.2, -0.15) is 0 Å². The molecule has 1 amide bonds. The summed E-state index contributed by atoms with van der Waals surface area (Å²) < 4.78 is 11.6. The molecule has 1 aliphatic heterocycles. The summed E-state index contributed by atoms with van der Waals surface area (Å²) >= 11 is 0. The van der Waals surface area contributed by atoms with E-state index >= 15 is 0 Å². The number of hydrogen-bond acceptors (Lipinski definition) is 4. The lowest BCUT2D eigenvalue weighted by molar-refractivity contribution is -0.121. The lowest BCUT2D eigenvalue weighted by Gasteiger charge is -2.31. The van der Waals surface area contributed by atoms with Gasteiger partial charge < -0.3 is 19.7 Å². The lowest BCUT2D eigenvalue weighted by atomic mass is 9.95. The van der Waals surface area contributed by atoms with Crippen molar-refractivity contribution < 1.29 is 14.3 Å². The molecule has 0 unspecified atom stereocenters. The normalized spacial score (nSPS) is 19.2. The third kappa shape index (κ3) is 5.61. The number of nitrogens with zero attached hydrogens (tertiary/aromatic N) is 1. The summed E-state index contributed by atoms with van der Waals surface area (Å²) in [5.74, 6) is 1.69. The largest absolute Gasteiger partial charge is 0.493 e. The van der Waals surface area contributed by atoms with Gasteiger partial charge in [0.15, 0.2) is 11.5 Å². The third-order valence-corrected chi connectivity index (χ3v) is 5.81. The predicted octanol–water partition coefficient (Wildman–Crippen LogP) is 4.47. The van der Waals surface area contributed by atoms with Gasteiger partial charge in [-0.1, -0.05) is 13.3 Å². The molecule has 5 heteroatoms. The number of nitrogens with one attached hydrogen (secondary N) is 1. The van der Waals surface area contributed by atoms with Gasteiger partial charge in [0.1, 0.15) is 0 Å². The molecule has 1 aromatic rings. The van der Waals surface area contributed by atoms with Crippen LogP contribution in [-0.4, -0.2) is 43.7 Å². The molecular formula is C22H34N2O3. The zero-order chi connectivity index (χ0) is 19.1. The van der Waals surface area contributed by atoms with Gasteiger partial charge in [-0.15, -0.1) is 0 Å². The Balaban J connectivity index is 1.56. The Morgan fingerprint density at radius 3 is 2.56 bits per heavy atom. The molecule has 2 fully saturated rings. The van der Waals surface area contributed by atoms with E-state index in [2.05, 4.69) is 17.1 Å². The van der Waals surface area contributed by atoms with Crippen LogP contribution in [0, 0.1) is 5.92 Å². The van der Waals surface area contributed by atoms with E-state index < -0.39 is 0 Å². The van der Waals surface area contributed by atoms with Gasteiger partial charge >= 0.3 is 0 Å². The molecule has 1 N–H and O–H groups in total. The van der Waals surface area contributed by atoms with Crippen molar-refractivity contribution in [3.8, 4) is 11.5 Å². The summed E-state index contributed by atoms with van der Waals surface area (Å²) in [6, 6.07) is 5.69. The van der Waals surface area contributed by atoms with Crippen molar-refractivity contribution in [3.05, 3.63) is 18.2 Å². The highest BCUT2D eigenvalue weighted by atomic mass is 16.5. The second kappa shape index (κ2) is 9.98. The van der Waals surface area contributed by atoms with Crippen LogP contribution in [0.3, 0.4) is 0 Å². The van der Waals surface area contributed by atoms with Gasteiger partial charge in [0.05, 0.1) is 13.2 Å². The summed E-state index contributed by atoms with van der Waals surface area (Å²) in [4.78, 5) is 15.2. The van der Waals surface area contributed by atoms with E-state index in [9.17, 15) is 4.79 Å². The van der Waals surface area contributed by atoms with Gasteiger partial charge in [0.2, 0.25) is 5.91 Å². The minimum Gasteiger partial charge on any atom is -0.493 e. The van der Waals surface area contributed by atoms with Crippen LogP contribution in [0.2, 0.25) is 0 Å². The fourth-order valence-electron chi connectivity index (χ4n) is 4.08. The molecule has 0 spiro atoms. The number of hydrogen-bond donors (Lipinski definition) is 1. The van der Waals surface area contributed by atoms with Crippen molar-refractivity contribution in [2.24, 2.45) is 5.92 Å².